The monoisotopic (exact) mass is 648 g/mol. The molecule has 0 bridgehead atoms. The molecule has 6 heteroatoms. The number of ether oxygens (including phenoxy) is 2. The molecule has 5 nitrogen and oxygen atoms in total. The summed E-state index contributed by atoms with van der Waals surface area (Å²) in [4.78, 5) is 0. The van der Waals surface area contributed by atoms with Gasteiger partial charge in [-0.2, -0.15) is 0 Å². The quantitative estimate of drug-likeness (QED) is 0.0863. The zero-order valence-electron chi connectivity index (χ0n) is 29.3. The van der Waals surface area contributed by atoms with Crippen LogP contribution in [-0.2, 0) is 9.47 Å². The van der Waals surface area contributed by atoms with Crippen LogP contribution in [0.15, 0.2) is 11.6 Å². The zero-order valence-corrected chi connectivity index (χ0v) is 30.2. The van der Waals surface area contributed by atoms with E-state index in [2.05, 4.69) is 53.3 Å². The molecule has 0 aromatic rings. The SMILES string of the molecule is CC(C)CCC[C@@H](C)[C@H]1CCC2C3CC=C4C[C@H](OCCCCCCC[C@H]5O[C@@H](S)[C@H](O)[C@@H](O)[C@H]5O)CC[C@]4(C)C3CC[C@@]21C. The minimum absolute atomic E-state index is 0.387. The number of aliphatic hydroxyl groups is 3. The molecule has 13 atom stereocenters. The summed E-state index contributed by atoms with van der Waals surface area (Å²) in [6, 6.07) is 0. The molecule has 5 rings (SSSR count). The normalized spacial score (nSPS) is 43.8. The van der Waals surface area contributed by atoms with Gasteiger partial charge in [0.05, 0.1) is 12.2 Å². The first-order valence-corrected chi connectivity index (χ1v) is 19.7. The highest BCUT2D eigenvalue weighted by Gasteiger charge is 2.59. The van der Waals surface area contributed by atoms with E-state index in [0.29, 0.717) is 23.4 Å². The molecule has 4 aliphatic carbocycles. The predicted octanol–water partition coefficient (Wildman–Crippen LogP) is 8.49. The summed E-state index contributed by atoms with van der Waals surface area (Å²) < 4.78 is 12.1. The summed E-state index contributed by atoms with van der Waals surface area (Å²) in [7, 11) is 0. The summed E-state index contributed by atoms with van der Waals surface area (Å²) in [5, 5.41) is 30.0. The van der Waals surface area contributed by atoms with Gasteiger partial charge in [0.25, 0.3) is 0 Å². The third kappa shape index (κ3) is 7.88. The van der Waals surface area contributed by atoms with E-state index in [0.717, 1.165) is 80.6 Å². The lowest BCUT2D eigenvalue weighted by Crippen LogP contribution is -2.55. The molecular weight excluding hydrogens is 580 g/mol. The van der Waals surface area contributed by atoms with Gasteiger partial charge in [0, 0.05) is 6.61 Å². The minimum Gasteiger partial charge on any atom is -0.388 e. The van der Waals surface area contributed by atoms with Gasteiger partial charge in [-0.1, -0.05) is 91.2 Å². The number of allylic oxidation sites excluding steroid dienone is 1. The van der Waals surface area contributed by atoms with Crippen molar-refractivity contribution in [2.24, 2.45) is 46.3 Å². The first kappa shape index (κ1) is 36.2. The Morgan fingerprint density at radius 3 is 2.40 bits per heavy atom. The molecule has 1 aliphatic heterocycles. The van der Waals surface area contributed by atoms with Crippen molar-refractivity contribution >= 4 is 12.6 Å². The topological polar surface area (TPSA) is 79.2 Å². The Morgan fingerprint density at radius 1 is 0.867 bits per heavy atom. The fourth-order valence-corrected chi connectivity index (χ4v) is 11.5. The maximum atomic E-state index is 10.2. The van der Waals surface area contributed by atoms with Crippen LogP contribution in [0.3, 0.4) is 0 Å². The third-order valence-corrected chi connectivity index (χ3v) is 14.4. The maximum Gasteiger partial charge on any atom is 0.129 e. The number of aliphatic hydroxyl groups excluding tert-OH is 3. The molecular formula is C39H68O5S. The first-order chi connectivity index (χ1) is 21.5. The van der Waals surface area contributed by atoms with Crippen molar-refractivity contribution in [3.05, 3.63) is 11.6 Å². The number of fused-ring (bicyclic) bond motifs is 5. The summed E-state index contributed by atoms with van der Waals surface area (Å²) in [5.74, 6) is 5.34. The summed E-state index contributed by atoms with van der Waals surface area (Å²) in [6.45, 7) is 13.5. The van der Waals surface area contributed by atoms with Crippen molar-refractivity contribution in [2.45, 2.75) is 180 Å². The Hall–Kier alpha value is -0.110. The summed E-state index contributed by atoms with van der Waals surface area (Å²) in [6.07, 6.45) is 20.3. The van der Waals surface area contributed by atoms with Crippen LogP contribution in [0.2, 0.25) is 0 Å². The van der Waals surface area contributed by atoms with Crippen LogP contribution in [-0.4, -0.2) is 57.9 Å². The average molecular weight is 649 g/mol. The molecule has 0 spiro atoms. The molecule has 4 fully saturated rings. The second-order valence-corrected chi connectivity index (χ2v) is 17.6. The van der Waals surface area contributed by atoms with Crippen molar-refractivity contribution < 1.29 is 24.8 Å². The van der Waals surface area contributed by atoms with Gasteiger partial charge in [-0.05, 0) is 111 Å². The van der Waals surface area contributed by atoms with Gasteiger partial charge < -0.3 is 24.8 Å². The summed E-state index contributed by atoms with van der Waals surface area (Å²) >= 11 is 4.19. The highest BCUT2D eigenvalue weighted by molar-refractivity contribution is 7.80. The van der Waals surface area contributed by atoms with Crippen molar-refractivity contribution in [2.75, 3.05) is 6.61 Å². The molecule has 260 valence electrons. The Bertz CT molecular complexity index is 971. The van der Waals surface area contributed by atoms with E-state index < -0.39 is 29.9 Å². The molecule has 5 aliphatic rings. The number of hydrogen-bond acceptors (Lipinski definition) is 6. The van der Waals surface area contributed by atoms with Crippen molar-refractivity contribution in [3.63, 3.8) is 0 Å². The van der Waals surface area contributed by atoms with Crippen molar-refractivity contribution in [3.8, 4) is 0 Å². The molecule has 1 heterocycles. The van der Waals surface area contributed by atoms with Crippen LogP contribution in [0.25, 0.3) is 0 Å². The number of rotatable bonds is 14. The van der Waals surface area contributed by atoms with Gasteiger partial charge in [0.1, 0.15) is 23.7 Å². The third-order valence-electron chi connectivity index (χ3n) is 13.9. The van der Waals surface area contributed by atoms with Gasteiger partial charge in [-0.3, -0.25) is 0 Å². The predicted molar refractivity (Wildman–Crippen MR) is 186 cm³/mol. The van der Waals surface area contributed by atoms with E-state index >= 15 is 0 Å². The lowest BCUT2D eigenvalue weighted by molar-refractivity contribution is -0.198. The molecule has 45 heavy (non-hydrogen) atoms. The molecule has 0 aromatic heterocycles. The Kier molecular flexibility index (Phi) is 12.6. The second-order valence-electron chi connectivity index (χ2n) is 17.1. The van der Waals surface area contributed by atoms with E-state index in [-0.39, 0.29) is 0 Å². The number of unbranched alkanes of at least 4 members (excludes halogenated alkanes) is 4. The smallest absolute Gasteiger partial charge is 0.129 e. The van der Waals surface area contributed by atoms with E-state index in [1.807, 2.05) is 0 Å². The van der Waals surface area contributed by atoms with Crippen LogP contribution >= 0.6 is 12.6 Å². The average Bonchev–Trinajstić information content (AvgIpc) is 3.37. The van der Waals surface area contributed by atoms with Crippen LogP contribution in [0.1, 0.15) is 144 Å². The second kappa shape index (κ2) is 15.6. The molecule has 3 saturated carbocycles. The Balaban J connectivity index is 1.02. The minimum atomic E-state index is -1.19. The lowest BCUT2D eigenvalue weighted by atomic mass is 9.47. The zero-order chi connectivity index (χ0) is 32.4. The Labute approximate surface area is 281 Å². The molecule has 3 unspecified atom stereocenters. The molecule has 3 N–H and O–H groups in total. The molecule has 0 aromatic carbocycles. The van der Waals surface area contributed by atoms with Crippen LogP contribution in [0.5, 0.6) is 0 Å². The molecule has 0 amide bonds. The molecule has 1 saturated heterocycles. The number of hydrogen-bond donors (Lipinski definition) is 4. The maximum absolute atomic E-state index is 10.2. The largest absolute Gasteiger partial charge is 0.388 e. The van der Waals surface area contributed by atoms with Crippen molar-refractivity contribution in [1.29, 1.82) is 0 Å². The molecule has 0 radical (unpaired) electrons. The fourth-order valence-electron chi connectivity index (χ4n) is 11.2. The van der Waals surface area contributed by atoms with Crippen LogP contribution in [0, 0.1) is 46.3 Å². The lowest BCUT2D eigenvalue weighted by Gasteiger charge is -2.58. The van der Waals surface area contributed by atoms with E-state index in [9.17, 15) is 15.3 Å². The van der Waals surface area contributed by atoms with Crippen LogP contribution in [0.4, 0.5) is 0 Å². The fraction of sp³-hybridized carbons (Fsp3) is 0.949. The number of thiol groups is 1. The highest BCUT2D eigenvalue weighted by Crippen LogP contribution is 2.67. The van der Waals surface area contributed by atoms with Gasteiger partial charge in [0.15, 0.2) is 0 Å². The standard InChI is InChI=1S/C39H68O5S/c1-25(2)12-11-13-26(3)30-17-18-31-29-16-15-27-24-28(19-21-38(27,4)32(29)20-22-39(30,31)5)43-23-10-8-6-7-9-14-33-34(40)35(41)36(42)37(45)44-33/h15,25-26,28-37,40-42,45H,6-14,16-24H2,1-5H3/t26-,28-,29?,30-,31?,32?,33-,34+,35+,36-,37+,38+,39-/m1/s1. The van der Waals surface area contributed by atoms with Gasteiger partial charge >= 0.3 is 0 Å². The Morgan fingerprint density at radius 2 is 1.62 bits per heavy atom. The summed E-state index contributed by atoms with van der Waals surface area (Å²) in [5.41, 5.74) is 1.94. The van der Waals surface area contributed by atoms with Gasteiger partial charge in [-0.25, -0.2) is 0 Å². The van der Waals surface area contributed by atoms with E-state index in [4.69, 9.17) is 9.47 Å². The highest BCUT2D eigenvalue weighted by atomic mass is 32.1. The van der Waals surface area contributed by atoms with Crippen molar-refractivity contribution in [1.82, 2.24) is 0 Å². The van der Waals surface area contributed by atoms with E-state index in [1.165, 1.54) is 64.2 Å². The van der Waals surface area contributed by atoms with E-state index in [1.54, 1.807) is 5.57 Å². The van der Waals surface area contributed by atoms with Gasteiger partial charge in [-0.15, -0.1) is 12.6 Å². The van der Waals surface area contributed by atoms with Crippen LogP contribution < -0.4 is 0 Å². The first-order valence-electron chi connectivity index (χ1n) is 19.1. The van der Waals surface area contributed by atoms with Gasteiger partial charge in [0.2, 0.25) is 0 Å².